The van der Waals surface area contributed by atoms with E-state index in [-0.39, 0.29) is 6.10 Å². The van der Waals surface area contributed by atoms with Crippen molar-refractivity contribution >= 4 is 5.97 Å². The highest BCUT2D eigenvalue weighted by atomic mass is 16.5. The van der Waals surface area contributed by atoms with Gasteiger partial charge in [-0.1, -0.05) is 13.8 Å². The van der Waals surface area contributed by atoms with Crippen LogP contribution in [0.3, 0.4) is 0 Å². The van der Waals surface area contributed by atoms with Crippen LogP contribution < -0.4 is 0 Å². The van der Waals surface area contributed by atoms with E-state index in [2.05, 4.69) is 32.6 Å². The fourth-order valence-electron chi connectivity index (χ4n) is 2.25. The Hall–Kier alpha value is -0.610. The van der Waals surface area contributed by atoms with E-state index in [1.54, 1.807) is 0 Å². The van der Waals surface area contributed by atoms with Crippen LogP contribution in [0.25, 0.3) is 0 Å². The molecule has 4 heteroatoms. The van der Waals surface area contributed by atoms with Gasteiger partial charge in [0.2, 0.25) is 0 Å². The van der Waals surface area contributed by atoms with Gasteiger partial charge < -0.3 is 9.84 Å². The van der Waals surface area contributed by atoms with E-state index in [4.69, 9.17) is 9.84 Å². The monoisotopic (exact) mass is 243 g/mol. The molecule has 1 heterocycles. The maximum absolute atomic E-state index is 10.8. The topological polar surface area (TPSA) is 49.8 Å². The van der Waals surface area contributed by atoms with Gasteiger partial charge in [-0.25, -0.2) is 4.79 Å². The van der Waals surface area contributed by atoms with Crippen molar-refractivity contribution in [3.05, 3.63) is 0 Å². The summed E-state index contributed by atoms with van der Waals surface area (Å²) in [6.07, 6.45) is 0.997. The third-order valence-corrected chi connectivity index (χ3v) is 3.15. The lowest BCUT2D eigenvalue weighted by Gasteiger charge is -2.30. The van der Waals surface area contributed by atoms with Gasteiger partial charge in [-0.05, 0) is 32.6 Å². The largest absolute Gasteiger partial charge is 0.479 e. The zero-order valence-corrected chi connectivity index (χ0v) is 11.3. The molecule has 4 nitrogen and oxygen atoms in total. The molecule has 2 unspecified atom stereocenters. The minimum Gasteiger partial charge on any atom is -0.479 e. The molecule has 100 valence electrons. The van der Waals surface area contributed by atoms with E-state index in [0.717, 1.165) is 19.5 Å². The molecule has 1 fully saturated rings. The highest BCUT2D eigenvalue weighted by Crippen LogP contribution is 2.21. The number of nitrogens with zero attached hydrogens (tertiary/aromatic N) is 1. The maximum Gasteiger partial charge on any atom is 0.332 e. The van der Waals surface area contributed by atoms with Crippen LogP contribution in [0.1, 0.15) is 40.5 Å². The van der Waals surface area contributed by atoms with Gasteiger partial charge in [0.1, 0.15) is 0 Å². The lowest BCUT2D eigenvalue weighted by Crippen LogP contribution is -2.40. The predicted molar refractivity (Wildman–Crippen MR) is 67.1 cm³/mol. The molecule has 17 heavy (non-hydrogen) atoms. The second-order valence-electron chi connectivity index (χ2n) is 5.60. The Labute approximate surface area is 104 Å². The van der Waals surface area contributed by atoms with Crippen LogP contribution in [-0.4, -0.2) is 47.3 Å². The molecule has 1 rings (SSSR count). The number of hydrogen-bond donors (Lipinski definition) is 1. The van der Waals surface area contributed by atoms with E-state index in [1.807, 2.05) is 0 Å². The van der Waals surface area contributed by atoms with Crippen LogP contribution >= 0.6 is 0 Å². The molecule has 1 aliphatic heterocycles. The summed E-state index contributed by atoms with van der Waals surface area (Å²) in [5.41, 5.74) is 0. The Kier molecular flexibility index (Phi) is 5.40. The van der Waals surface area contributed by atoms with E-state index in [9.17, 15) is 4.79 Å². The smallest absolute Gasteiger partial charge is 0.332 e. The normalized spacial score (nSPS) is 25.1. The highest BCUT2D eigenvalue weighted by Gasteiger charge is 2.31. The number of ether oxygens (including phenoxy) is 1. The maximum atomic E-state index is 10.8. The predicted octanol–water partition coefficient (Wildman–Crippen LogP) is 1.98. The number of carboxylic acid groups (broad SMARTS) is 1. The van der Waals surface area contributed by atoms with Gasteiger partial charge in [-0.3, -0.25) is 4.90 Å². The molecule has 0 amide bonds. The summed E-state index contributed by atoms with van der Waals surface area (Å²) in [6, 6.07) is 0.477. The summed E-state index contributed by atoms with van der Waals surface area (Å²) in [6.45, 7) is 10.6. The van der Waals surface area contributed by atoms with E-state index in [1.165, 1.54) is 0 Å². The van der Waals surface area contributed by atoms with Gasteiger partial charge in [0.15, 0.2) is 6.10 Å². The summed E-state index contributed by atoms with van der Waals surface area (Å²) in [5, 5.41) is 8.88. The Morgan fingerprint density at radius 3 is 2.41 bits per heavy atom. The number of carbonyl (C=O) groups is 1. The van der Waals surface area contributed by atoms with E-state index >= 15 is 0 Å². The van der Waals surface area contributed by atoms with Gasteiger partial charge in [0.25, 0.3) is 0 Å². The lowest BCUT2D eigenvalue weighted by molar-refractivity contribution is -0.149. The molecule has 1 saturated heterocycles. The zero-order chi connectivity index (χ0) is 13.0. The number of aliphatic carboxylic acids is 1. The average molecular weight is 243 g/mol. The SMILES string of the molecule is CC(C)CN(CC1CCC(C(=O)O)O1)C(C)C. The minimum atomic E-state index is -0.826. The van der Waals surface area contributed by atoms with Crippen LogP contribution in [0, 0.1) is 5.92 Å². The Morgan fingerprint density at radius 1 is 1.35 bits per heavy atom. The number of hydrogen-bond acceptors (Lipinski definition) is 3. The summed E-state index contributed by atoms with van der Waals surface area (Å²) in [4.78, 5) is 13.2. The summed E-state index contributed by atoms with van der Waals surface area (Å²) in [5.74, 6) is -0.207. The lowest BCUT2D eigenvalue weighted by atomic mass is 10.1. The van der Waals surface area contributed by atoms with E-state index < -0.39 is 12.1 Å². The third kappa shape index (κ3) is 4.64. The molecule has 0 radical (unpaired) electrons. The van der Waals surface area contributed by atoms with Gasteiger partial charge in [0.05, 0.1) is 6.10 Å². The van der Waals surface area contributed by atoms with Crippen molar-refractivity contribution in [3.8, 4) is 0 Å². The number of carboxylic acids is 1. The summed E-state index contributed by atoms with van der Waals surface area (Å²) >= 11 is 0. The van der Waals surface area contributed by atoms with Gasteiger partial charge in [0, 0.05) is 19.1 Å². The Morgan fingerprint density at radius 2 is 2.00 bits per heavy atom. The first-order valence-corrected chi connectivity index (χ1v) is 6.52. The molecule has 0 bridgehead atoms. The fraction of sp³-hybridized carbons (Fsp3) is 0.923. The van der Waals surface area contributed by atoms with Crippen molar-refractivity contribution in [2.75, 3.05) is 13.1 Å². The summed E-state index contributed by atoms with van der Waals surface area (Å²) in [7, 11) is 0. The van der Waals surface area contributed by atoms with Crippen molar-refractivity contribution in [2.45, 2.75) is 58.8 Å². The van der Waals surface area contributed by atoms with Crippen molar-refractivity contribution in [1.29, 1.82) is 0 Å². The van der Waals surface area contributed by atoms with Crippen LogP contribution in [0.15, 0.2) is 0 Å². The molecule has 0 aliphatic carbocycles. The minimum absolute atomic E-state index is 0.0808. The molecule has 1 aliphatic rings. The quantitative estimate of drug-likeness (QED) is 0.775. The molecular formula is C13H25NO3. The van der Waals surface area contributed by atoms with Crippen molar-refractivity contribution in [2.24, 2.45) is 5.92 Å². The van der Waals surface area contributed by atoms with Crippen LogP contribution in [-0.2, 0) is 9.53 Å². The first-order valence-electron chi connectivity index (χ1n) is 6.52. The first-order chi connectivity index (χ1) is 7.90. The molecule has 0 aromatic heterocycles. The standard InChI is InChI=1S/C13H25NO3/c1-9(2)7-14(10(3)4)8-11-5-6-12(17-11)13(15)16/h9-12H,5-8H2,1-4H3,(H,15,16). The van der Waals surface area contributed by atoms with Crippen molar-refractivity contribution in [3.63, 3.8) is 0 Å². The molecule has 0 saturated carbocycles. The Bertz CT molecular complexity index is 253. The average Bonchev–Trinajstić information content (AvgIpc) is 2.64. The summed E-state index contributed by atoms with van der Waals surface area (Å²) < 4.78 is 5.54. The molecule has 2 atom stereocenters. The van der Waals surface area contributed by atoms with Gasteiger partial charge in [-0.15, -0.1) is 0 Å². The number of rotatable bonds is 6. The second-order valence-corrected chi connectivity index (χ2v) is 5.60. The highest BCUT2D eigenvalue weighted by molar-refractivity contribution is 5.72. The third-order valence-electron chi connectivity index (χ3n) is 3.15. The second kappa shape index (κ2) is 6.36. The molecule has 0 aromatic rings. The molecule has 1 N–H and O–H groups in total. The van der Waals surface area contributed by atoms with Crippen LogP contribution in [0.4, 0.5) is 0 Å². The first kappa shape index (κ1) is 14.5. The van der Waals surface area contributed by atoms with Crippen LogP contribution in [0.5, 0.6) is 0 Å². The van der Waals surface area contributed by atoms with Gasteiger partial charge >= 0.3 is 5.97 Å². The molecule has 0 spiro atoms. The van der Waals surface area contributed by atoms with Gasteiger partial charge in [-0.2, -0.15) is 0 Å². The van der Waals surface area contributed by atoms with E-state index in [0.29, 0.717) is 18.4 Å². The zero-order valence-electron chi connectivity index (χ0n) is 11.3. The fourth-order valence-corrected chi connectivity index (χ4v) is 2.25. The van der Waals surface area contributed by atoms with Crippen molar-refractivity contribution in [1.82, 2.24) is 4.90 Å². The molecular weight excluding hydrogens is 218 g/mol. The Balaban J connectivity index is 2.43. The van der Waals surface area contributed by atoms with Crippen molar-refractivity contribution < 1.29 is 14.6 Å². The molecule has 0 aromatic carbocycles. The van der Waals surface area contributed by atoms with Crippen LogP contribution in [0.2, 0.25) is 0 Å².